The Labute approximate surface area is 113 Å². The second-order valence-electron chi connectivity index (χ2n) is 4.74. The predicted octanol–water partition coefficient (Wildman–Crippen LogP) is 3.30. The lowest BCUT2D eigenvalue weighted by molar-refractivity contribution is 0.149. The molecule has 2 rings (SSSR count). The van der Waals surface area contributed by atoms with Gasteiger partial charge >= 0.3 is 0 Å². The molecule has 0 saturated heterocycles. The summed E-state index contributed by atoms with van der Waals surface area (Å²) in [7, 11) is 3.49. The highest BCUT2D eigenvalue weighted by Crippen LogP contribution is 2.50. The van der Waals surface area contributed by atoms with Gasteiger partial charge in [0.1, 0.15) is 5.75 Å². The first-order valence-corrected chi connectivity index (χ1v) is 6.46. The average Bonchev–Trinajstić information content (AvgIpc) is 2.33. The van der Waals surface area contributed by atoms with Crippen molar-refractivity contribution in [1.82, 2.24) is 5.32 Å². The third-order valence-electron chi connectivity index (χ3n) is 3.82. The van der Waals surface area contributed by atoms with Crippen LogP contribution in [0, 0.1) is 16.7 Å². The van der Waals surface area contributed by atoms with E-state index in [0.717, 1.165) is 24.8 Å². The first kappa shape index (κ1) is 13.2. The summed E-state index contributed by atoms with van der Waals surface area (Å²) in [6, 6.07) is 8.22. The molecule has 0 spiro atoms. The molecule has 1 aliphatic rings. The number of nitriles is 1. The van der Waals surface area contributed by atoms with Gasteiger partial charge in [-0.25, -0.2) is 0 Å². The predicted molar refractivity (Wildman–Crippen MR) is 71.7 cm³/mol. The number of rotatable bonds is 4. The minimum absolute atomic E-state index is 0.0275. The third kappa shape index (κ3) is 2.07. The maximum absolute atomic E-state index is 9.42. The fraction of sp³-hybridized carbons (Fsp3) is 0.500. The van der Waals surface area contributed by atoms with Crippen molar-refractivity contribution in [3.8, 4) is 11.8 Å². The zero-order chi connectivity index (χ0) is 13.2. The molecule has 0 amide bonds. The quantitative estimate of drug-likeness (QED) is 0.908. The van der Waals surface area contributed by atoms with E-state index >= 15 is 0 Å². The Balaban J connectivity index is 2.34. The molecule has 1 aromatic rings. The zero-order valence-electron chi connectivity index (χ0n) is 10.7. The number of hydrogen-bond acceptors (Lipinski definition) is 3. The SMILES string of the molecule is CNC(c1ccc(OC)c(Cl)c1)C1(C#N)CCC1. The van der Waals surface area contributed by atoms with E-state index in [4.69, 9.17) is 16.3 Å². The molecule has 4 heteroatoms. The fourth-order valence-corrected chi connectivity index (χ4v) is 2.91. The Bertz CT molecular complexity index is 477. The van der Waals surface area contributed by atoms with E-state index in [1.165, 1.54) is 0 Å². The summed E-state index contributed by atoms with van der Waals surface area (Å²) in [4.78, 5) is 0. The number of hydrogen-bond donors (Lipinski definition) is 1. The summed E-state index contributed by atoms with van der Waals surface area (Å²) in [5.74, 6) is 0.662. The maximum atomic E-state index is 9.42. The first-order valence-electron chi connectivity index (χ1n) is 6.09. The molecule has 1 atom stereocenters. The molecule has 18 heavy (non-hydrogen) atoms. The van der Waals surface area contributed by atoms with Crippen molar-refractivity contribution in [2.75, 3.05) is 14.2 Å². The smallest absolute Gasteiger partial charge is 0.137 e. The molecular weight excluding hydrogens is 248 g/mol. The Hall–Kier alpha value is -1.24. The monoisotopic (exact) mass is 264 g/mol. The minimum atomic E-state index is -0.285. The summed E-state index contributed by atoms with van der Waals surface area (Å²) >= 11 is 6.15. The lowest BCUT2D eigenvalue weighted by Gasteiger charge is -2.42. The number of methoxy groups -OCH3 is 1. The number of benzene rings is 1. The van der Waals surface area contributed by atoms with Gasteiger partial charge in [-0.05, 0) is 37.6 Å². The van der Waals surface area contributed by atoms with Gasteiger partial charge in [0.25, 0.3) is 0 Å². The third-order valence-corrected chi connectivity index (χ3v) is 4.11. The Morgan fingerprint density at radius 2 is 2.22 bits per heavy atom. The molecule has 96 valence electrons. The van der Waals surface area contributed by atoms with Crippen LogP contribution in [0.25, 0.3) is 0 Å². The van der Waals surface area contributed by atoms with Crippen molar-refractivity contribution in [2.24, 2.45) is 5.41 Å². The van der Waals surface area contributed by atoms with Crippen LogP contribution in [0.15, 0.2) is 18.2 Å². The molecule has 1 fully saturated rings. The van der Waals surface area contributed by atoms with Crippen molar-refractivity contribution in [3.05, 3.63) is 28.8 Å². The lowest BCUT2D eigenvalue weighted by atomic mass is 9.63. The highest BCUT2D eigenvalue weighted by molar-refractivity contribution is 6.32. The van der Waals surface area contributed by atoms with Crippen LogP contribution in [0.5, 0.6) is 5.75 Å². The van der Waals surface area contributed by atoms with Gasteiger partial charge in [-0.1, -0.05) is 24.1 Å². The van der Waals surface area contributed by atoms with Crippen LogP contribution in [0.4, 0.5) is 0 Å². The molecule has 3 nitrogen and oxygen atoms in total. The van der Waals surface area contributed by atoms with Crippen LogP contribution < -0.4 is 10.1 Å². The standard InChI is InChI=1S/C14H17ClN2O/c1-17-13(14(9-16)6-3-7-14)10-4-5-12(18-2)11(15)8-10/h4-5,8,13,17H,3,6-7H2,1-2H3. The van der Waals surface area contributed by atoms with E-state index < -0.39 is 0 Å². The van der Waals surface area contributed by atoms with Crippen LogP contribution in [-0.4, -0.2) is 14.2 Å². The normalized spacial score (nSPS) is 18.6. The summed E-state index contributed by atoms with van der Waals surface area (Å²) < 4.78 is 5.15. The van der Waals surface area contributed by atoms with Gasteiger partial charge in [0.05, 0.1) is 29.7 Å². The molecule has 1 N–H and O–H groups in total. The Kier molecular flexibility index (Phi) is 3.79. The van der Waals surface area contributed by atoms with Gasteiger partial charge in [0, 0.05) is 0 Å². The summed E-state index contributed by atoms with van der Waals surface area (Å²) in [6.45, 7) is 0. The molecule has 0 heterocycles. The largest absolute Gasteiger partial charge is 0.495 e. The maximum Gasteiger partial charge on any atom is 0.137 e. The van der Waals surface area contributed by atoms with Gasteiger partial charge in [-0.3, -0.25) is 0 Å². The Morgan fingerprint density at radius 3 is 2.61 bits per heavy atom. The second-order valence-corrected chi connectivity index (χ2v) is 5.14. The van der Waals surface area contributed by atoms with Crippen LogP contribution in [0.3, 0.4) is 0 Å². The number of nitrogens with one attached hydrogen (secondary N) is 1. The van der Waals surface area contributed by atoms with Crippen molar-refractivity contribution in [1.29, 1.82) is 5.26 Å². The van der Waals surface area contributed by atoms with Gasteiger partial charge in [-0.15, -0.1) is 0 Å². The van der Waals surface area contributed by atoms with E-state index in [1.807, 2.05) is 25.2 Å². The van der Waals surface area contributed by atoms with E-state index in [1.54, 1.807) is 7.11 Å². The molecule has 0 aromatic heterocycles. The van der Waals surface area contributed by atoms with Crippen LogP contribution >= 0.6 is 11.6 Å². The molecule has 1 aromatic carbocycles. The molecule has 0 aliphatic heterocycles. The van der Waals surface area contributed by atoms with Crippen LogP contribution in [0.2, 0.25) is 5.02 Å². The molecule has 1 aliphatic carbocycles. The van der Waals surface area contributed by atoms with Crippen molar-refractivity contribution in [3.63, 3.8) is 0 Å². The van der Waals surface area contributed by atoms with Gasteiger partial charge < -0.3 is 10.1 Å². The lowest BCUT2D eigenvalue weighted by Crippen LogP contribution is -2.40. The summed E-state index contributed by atoms with van der Waals surface area (Å²) in [5, 5.41) is 13.3. The summed E-state index contributed by atoms with van der Waals surface area (Å²) in [5.41, 5.74) is 0.761. The first-order chi connectivity index (χ1) is 8.66. The van der Waals surface area contributed by atoms with Gasteiger partial charge in [-0.2, -0.15) is 5.26 Å². The highest BCUT2D eigenvalue weighted by Gasteiger charge is 2.44. The minimum Gasteiger partial charge on any atom is -0.495 e. The zero-order valence-corrected chi connectivity index (χ0v) is 11.4. The number of nitrogens with zero attached hydrogens (tertiary/aromatic N) is 1. The van der Waals surface area contributed by atoms with E-state index in [9.17, 15) is 5.26 Å². The van der Waals surface area contributed by atoms with Crippen molar-refractivity contribution < 1.29 is 4.74 Å². The van der Waals surface area contributed by atoms with E-state index in [2.05, 4.69) is 11.4 Å². The van der Waals surface area contributed by atoms with Crippen LogP contribution in [0.1, 0.15) is 30.9 Å². The number of halogens is 1. The topological polar surface area (TPSA) is 45.0 Å². The second kappa shape index (κ2) is 5.17. The summed E-state index contributed by atoms with van der Waals surface area (Å²) in [6.07, 6.45) is 3.01. The molecular formula is C14H17ClN2O. The van der Waals surface area contributed by atoms with Crippen molar-refractivity contribution >= 4 is 11.6 Å². The molecule has 1 unspecified atom stereocenters. The molecule has 1 saturated carbocycles. The fourth-order valence-electron chi connectivity index (χ4n) is 2.65. The molecule has 0 bridgehead atoms. The number of ether oxygens (including phenoxy) is 1. The average molecular weight is 265 g/mol. The van der Waals surface area contributed by atoms with E-state index in [-0.39, 0.29) is 11.5 Å². The van der Waals surface area contributed by atoms with Crippen molar-refractivity contribution in [2.45, 2.75) is 25.3 Å². The van der Waals surface area contributed by atoms with Gasteiger partial charge in [0.2, 0.25) is 0 Å². The highest BCUT2D eigenvalue weighted by atomic mass is 35.5. The molecule has 0 radical (unpaired) electrons. The van der Waals surface area contributed by atoms with Gasteiger partial charge in [0.15, 0.2) is 0 Å². The Morgan fingerprint density at radius 1 is 1.50 bits per heavy atom. The van der Waals surface area contributed by atoms with Crippen LogP contribution in [-0.2, 0) is 0 Å². The van der Waals surface area contributed by atoms with E-state index in [0.29, 0.717) is 10.8 Å².